The number of carboxylic acids is 1. The second-order valence-corrected chi connectivity index (χ2v) is 5.56. The number of nitrogens with zero attached hydrogens (tertiary/aromatic N) is 2. The van der Waals surface area contributed by atoms with E-state index in [2.05, 4.69) is 9.97 Å². The van der Waals surface area contributed by atoms with Crippen LogP contribution in [0.5, 0.6) is 0 Å². The molecule has 8 heteroatoms. The molecule has 0 saturated carbocycles. The highest BCUT2D eigenvalue weighted by Crippen LogP contribution is 2.23. The molecule has 0 bridgehead atoms. The maximum atomic E-state index is 12.6. The number of carbonyl (C=O) groups is 2. The highest BCUT2D eigenvalue weighted by atomic mass is 19.3. The topological polar surface area (TPSA) is 86.3 Å². The summed E-state index contributed by atoms with van der Waals surface area (Å²) in [6.45, 7) is 0.748. The lowest BCUT2D eigenvalue weighted by Gasteiger charge is -2.30. The molecular formula is C15H15F2N3O3. The van der Waals surface area contributed by atoms with Crippen LogP contribution in [0, 0.1) is 5.92 Å². The summed E-state index contributed by atoms with van der Waals surface area (Å²) in [5.41, 5.74) is 1.13. The van der Waals surface area contributed by atoms with Gasteiger partial charge in [0, 0.05) is 18.7 Å². The molecule has 1 saturated heterocycles. The predicted octanol–water partition coefficient (Wildman–Crippen LogP) is 2.44. The van der Waals surface area contributed by atoms with Crippen molar-refractivity contribution >= 4 is 22.9 Å². The predicted molar refractivity (Wildman–Crippen MR) is 77.3 cm³/mol. The number of alkyl halides is 2. The van der Waals surface area contributed by atoms with E-state index in [1.54, 1.807) is 11.0 Å². The van der Waals surface area contributed by atoms with Gasteiger partial charge in [0.1, 0.15) is 0 Å². The van der Waals surface area contributed by atoms with Crippen LogP contribution < -0.4 is 0 Å². The molecule has 1 aliphatic heterocycles. The third-order valence-electron chi connectivity index (χ3n) is 4.09. The first-order valence-electron chi connectivity index (χ1n) is 7.25. The van der Waals surface area contributed by atoms with E-state index in [0.29, 0.717) is 42.5 Å². The molecule has 6 nitrogen and oxygen atoms in total. The van der Waals surface area contributed by atoms with Crippen molar-refractivity contribution in [2.24, 2.45) is 5.92 Å². The highest BCUT2D eigenvalue weighted by molar-refractivity contribution is 5.97. The number of nitrogens with one attached hydrogen (secondary N) is 1. The Balaban J connectivity index is 1.77. The zero-order valence-corrected chi connectivity index (χ0v) is 12.1. The van der Waals surface area contributed by atoms with Gasteiger partial charge in [-0.05, 0) is 31.0 Å². The number of benzene rings is 1. The van der Waals surface area contributed by atoms with Crippen molar-refractivity contribution in [1.29, 1.82) is 0 Å². The third kappa shape index (κ3) is 3.01. The minimum Gasteiger partial charge on any atom is -0.481 e. The lowest BCUT2D eigenvalue weighted by atomic mass is 9.96. The standard InChI is InChI=1S/C15H15F2N3O3/c16-12(17)13-18-10-2-1-9(7-11(10)19-13)14(21)20-5-3-8(4-6-20)15(22)23/h1-2,7-8,12H,3-6H2,(H,18,19)(H,22,23). The summed E-state index contributed by atoms with van der Waals surface area (Å²) >= 11 is 0. The second-order valence-electron chi connectivity index (χ2n) is 5.56. The van der Waals surface area contributed by atoms with Crippen LogP contribution in [-0.2, 0) is 4.79 Å². The molecule has 1 aromatic heterocycles. The first-order chi connectivity index (χ1) is 11.0. The van der Waals surface area contributed by atoms with E-state index >= 15 is 0 Å². The number of amides is 1. The van der Waals surface area contributed by atoms with Gasteiger partial charge in [0.05, 0.1) is 17.0 Å². The Labute approximate surface area is 130 Å². The van der Waals surface area contributed by atoms with Crippen molar-refractivity contribution < 1.29 is 23.5 Å². The number of piperidine rings is 1. The van der Waals surface area contributed by atoms with Crippen LogP contribution in [-0.4, -0.2) is 44.9 Å². The van der Waals surface area contributed by atoms with Crippen LogP contribution in [0.1, 0.15) is 35.4 Å². The van der Waals surface area contributed by atoms with Gasteiger partial charge >= 0.3 is 5.97 Å². The summed E-state index contributed by atoms with van der Waals surface area (Å²) < 4.78 is 25.3. The number of aromatic amines is 1. The maximum absolute atomic E-state index is 12.6. The molecule has 2 aromatic rings. The van der Waals surface area contributed by atoms with E-state index < -0.39 is 24.1 Å². The summed E-state index contributed by atoms with van der Waals surface area (Å²) in [5.74, 6) is -1.91. The number of carbonyl (C=O) groups excluding carboxylic acids is 1. The van der Waals surface area contributed by atoms with Crippen molar-refractivity contribution in [2.45, 2.75) is 19.3 Å². The quantitative estimate of drug-likeness (QED) is 0.908. The SMILES string of the molecule is O=C(O)C1CCN(C(=O)c2ccc3nc(C(F)F)[nH]c3c2)CC1. The number of H-pyrrole nitrogens is 1. The molecule has 2 N–H and O–H groups in total. The number of carboxylic acid groups (broad SMARTS) is 1. The van der Waals surface area contributed by atoms with E-state index in [4.69, 9.17) is 5.11 Å². The lowest BCUT2D eigenvalue weighted by molar-refractivity contribution is -0.143. The molecule has 2 heterocycles. The Hall–Kier alpha value is -2.51. The molecular weight excluding hydrogens is 308 g/mol. The lowest BCUT2D eigenvalue weighted by Crippen LogP contribution is -2.40. The molecule has 3 rings (SSSR count). The molecule has 1 aliphatic rings. The van der Waals surface area contributed by atoms with Gasteiger partial charge in [-0.25, -0.2) is 13.8 Å². The molecule has 0 radical (unpaired) electrons. The number of aromatic nitrogens is 2. The molecule has 0 unspecified atom stereocenters. The highest BCUT2D eigenvalue weighted by Gasteiger charge is 2.27. The number of fused-ring (bicyclic) bond motifs is 1. The first kappa shape index (κ1) is 15.4. The van der Waals surface area contributed by atoms with Crippen molar-refractivity contribution in [3.63, 3.8) is 0 Å². The van der Waals surface area contributed by atoms with Crippen LogP contribution in [0.25, 0.3) is 11.0 Å². The molecule has 0 atom stereocenters. The smallest absolute Gasteiger partial charge is 0.306 e. The Morgan fingerprint density at radius 3 is 2.61 bits per heavy atom. The summed E-state index contributed by atoms with van der Waals surface area (Å²) in [6.07, 6.45) is -1.86. The molecule has 23 heavy (non-hydrogen) atoms. The van der Waals surface area contributed by atoms with Gasteiger partial charge in [-0.15, -0.1) is 0 Å². The fourth-order valence-corrected chi connectivity index (χ4v) is 2.78. The van der Waals surface area contributed by atoms with Gasteiger partial charge in [0.2, 0.25) is 0 Å². The Morgan fingerprint density at radius 1 is 1.30 bits per heavy atom. The first-order valence-corrected chi connectivity index (χ1v) is 7.25. The van der Waals surface area contributed by atoms with E-state index in [0.717, 1.165) is 0 Å². The zero-order valence-electron chi connectivity index (χ0n) is 12.1. The Bertz CT molecular complexity index is 752. The van der Waals surface area contributed by atoms with Crippen molar-refractivity contribution in [2.75, 3.05) is 13.1 Å². The van der Waals surface area contributed by atoms with E-state index in [-0.39, 0.29) is 5.91 Å². The number of aliphatic carboxylic acids is 1. The summed E-state index contributed by atoms with van der Waals surface area (Å²) in [4.78, 5) is 31.2. The average Bonchev–Trinajstić information content (AvgIpc) is 2.97. The average molecular weight is 323 g/mol. The van der Waals surface area contributed by atoms with Crippen molar-refractivity contribution in [3.05, 3.63) is 29.6 Å². The zero-order chi connectivity index (χ0) is 16.6. The fraction of sp³-hybridized carbons (Fsp3) is 0.400. The monoisotopic (exact) mass is 323 g/mol. The van der Waals surface area contributed by atoms with Crippen LogP contribution in [0.3, 0.4) is 0 Å². The summed E-state index contributed by atoms with van der Waals surface area (Å²) in [5, 5.41) is 8.97. The Morgan fingerprint density at radius 2 is 2.00 bits per heavy atom. The minimum atomic E-state index is -2.70. The fourth-order valence-electron chi connectivity index (χ4n) is 2.78. The van der Waals surface area contributed by atoms with Gasteiger partial charge < -0.3 is 15.0 Å². The summed E-state index contributed by atoms with van der Waals surface area (Å²) in [6, 6.07) is 4.57. The van der Waals surface area contributed by atoms with E-state index in [1.807, 2.05) is 0 Å². The van der Waals surface area contributed by atoms with Gasteiger partial charge in [0.15, 0.2) is 5.82 Å². The maximum Gasteiger partial charge on any atom is 0.306 e. The van der Waals surface area contributed by atoms with E-state index in [1.165, 1.54) is 12.1 Å². The molecule has 0 spiro atoms. The third-order valence-corrected chi connectivity index (χ3v) is 4.09. The largest absolute Gasteiger partial charge is 0.481 e. The van der Waals surface area contributed by atoms with Gasteiger partial charge in [-0.1, -0.05) is 0 Å². The number of halogens is 2. The number of likely N-dealkylation sites (tertiary alicyclic amines) is 1. The van der Waals surface area contributed by atoms with Gasteiger partial charge in [-0.2, -0.15) is 0 Å². The number of hydrogen-bond acceptors (Lipinski definition) is 3. The van der Waals surface area contributed by atoms with Crippen LogP contribution >= 0.6 is 0 Å². The van der Waals surface area contributed by atoms with Crippen molar-refractivity contribution in [1.82, 2.24) is 14.9 Å². The number of imidazole rings is 1. The second kappa shape index (κ2) is 5.94. The molecule has 1 amide bonds. The normalized spacial score (nSPS) is 16.2. The van der Waals surface area contributed by atoms with Gasteiger partial charge in [0.25, 0.3) is 12.3 Å². The number of hydrogen-bond donors (Lipinski definition) is 2. The van der Waals surface area contributed by atoms with E-state index in [9.17, 15) is 18.4 Å². The minimum absolute atomic E-state index is 0.232. The molecule has 122 valence electrons. The van der Waals surface area contributed by atoms with Gasteiger partial charge in [-0.3, -0.25) is 9.59 Å². The Kier molecular flexibility index (Phi) is 3.97. The molecule has 1 aromatic carbocycles. The van der Waals surface area contributed by atoms with Crippen molar-refractivity contribution in [3.8, 4) is 0 Å². The van der Waals surface area contributed by atoms with Crippen LogP contribution in [0.15, 0.2) is 18.2 Å². The van der Waals surface area contributed by atoms with Crippen LogP contribution in [0.4, 0.5) is 8.78 Å². The number of rotatable bonds is 3. The molecule has 1 fully saturated rings. The molecule has 0 aliphatic carbocycles. The summed E-state index contributed by atoms with van der Waals surface area (Å²) in [7, 11) is 0. The van der Waals surface area contributed by atoms with Crippen LogP contribution in [0.2, 0.25) is 0 Å².